The lowest BCUT2D eigenvalue weighted by Crippen LogP contribution is -2.25. The SMILES string of the molecule is CC(Sc1nc2c(c(=O)[nH]1)CCCC2)C(=O)Nc1ccc(C(C)C)cc1. The minimum absolute atomic E-state index is 0.0610. The van der Waals surface area contributed by atoms with Crippen LogP contribution in [-0.4, -0.2) is 21.1 Å². The predicted molar refractivity (Wildman–Crippen MR) is 106 cm³/mol. The number of hydrogen-bond donors (Lipinski definition) is 2. The molecule has 0 aliphatic heterocycles. The fraction of sp³-hybridized carbons (Fsp3) is 0.450. The molecule has 1 aliphatic rings. The Morgan fingerprint density at radius 2 is 1.85 bits per heavy atom. The Bertz CT molecular complexity index is 843. The van der Waals surface area contributed by atoms with Gasteiger partial charge in [-0.05, 0) is 56.2 Å². The maximum Gasteiger partial charge on any atom is 0.254 e. The number of carbonyl (C=O) groups excluding carboxylic acids is 1. The molecule has 26 heavy (non-hydrogen) atoms. The largest absolute Gasteiger partial charge is 0.325 e. The fourth-order valence-electron chi connectivity index (χ4n) is 3.05. The van der Waals surface area contributed by atoms with Gasteiger partial charge in [-0.25, -0.2) is 4.98 Å². The molecule has 3 rings (SSSR count). The first kappa shape index (κ1) is 18.7. The molecule has 1 amide bonds. The number of hydrogen-bond acceptors (Lipinski definition) is 4. The maximum atomic E-state index is 12.5. The highest BCUT2D eigenvalue weighted by Crippen LogP contribution is 2.24. The lowest BCUT2D eigenvalue weighted by molar-refractivity contribution is -0.115. The first-order chi connectivity index (χ1) is 12.4. The first-order valence-corrected chi connectivity index (χ1v) is 10.0. The smallest absolute Gasteiger partial charge is 0.254 e. The molecule has 1 aromatic carbocycles. The minimum atomic E-state index is -0.357. The highest BCUT2D eigenvalue weighted by atomic mass is 32.2. The molecule has 6 heteroatoms. The van der Waals surface area contributed by atoms with Crippen LogP contribution in [-0.2, 0) is 17.6 Å². The van der Waals surface area contributed by atoms with Gasteiger partial charge < -0.3 is 10.3 Å². The molecule has 0 fully saturated rings. The Hall–Kier alpha value is -2.08. The van der Waals surface area contributed by atoms with Crippen molar-refractivity contribution in [2.75, 3.05) is 5.32 Å². The number of aromatic nitrogens is 2. The highest BCUT2D eigenvalue weighted by Gasteiger charge is 2.20. The van der Waals surface area contributed by atoms with Crippen molar-refractivity contribution in [3.05, 3.63) is 51.4 Å². The Balaban J connectivity index is 1.66. The summed E-state index contributed by atoms with van der Waals surface area (Å²) in [4.78, 5) is 32.0. The molecule has 1 heterocycles. The van der Waals surface area contributed by atoms with Crippen LogP contribution in [0.4, 0.5) is 5.69 Å². The third-order valence-electron chi connectivity index (χ3n) is 4.67. The Kier molecular flexibility index (Phi) is 5.81. The fourth-order valence-corrected chi connectivity index (χ4v) is 3.87. The molecule has 2 N–H and O–H groups in total. The summed E-state index contributed by atoms with van der Waals surface area (Å²) in [6.07, 6.45) is 3.75. The number of nitrogens with one attached hydrogen (secondary N) is 2. The van der Waals surface area contributed by atoms with Gasteiger partial charge in [0.15, 0.2) is 5.16 Å². The van der Waals surface area contributed by atoms with Crippen molar-refractivity contribution in [2.24, 2.45) is 0 Å². The lowest BCUT2D eigenvalue weighted by atomic mass is 9.97. The number of fused-ring (bicyclic) bond motifs is 1. The average Bonchev–Trinajstić information content (AvgIpc) is 2.62. The van der Waals surface area contributed by atoms with Gasteiger partial charge in [-0.1, -0.05) is 37.7 Å². The number of aromatic amines is 1. The lowest BCUT2D eigenvalue weighted by Gasteiger charge is -2.16. The quantitative estimate of drug-likeness (QED) is 0.618. The highest BCUT2D eigenvalue weighted by molar-refractivity contribution is 8.00. The van der Waals surface area contributed by atoms with Crippen LogP contribution < -0.4 is 10.9 Å². The van der Waals surface area contributed by atoms with Crippen LogP contribution in [0.25, 0.3) is 0 Å². The van der Waals surface area contributed by atoms with Crippen LogP contribution in [0, 0.1) is 0 Å². The molecule has 138 valence electrons. The second-order valence-electron chi connectivity index (χ2n) is 7.03. The van der Waals surface area contributed by atoms with E-state index < -0.39 is 0 Å². The maximum absolute atomic E-state index is 12.5. The van der Waals surface area contributed by atoms with E-state index in [-0.39, 0.29) is 16.7 Å². The zero-order chi connectivity index (χ0) is 18.7. The second-order valence-corrected chi connectivity index (χ2v) is 8.36. The Labute approximate surface area is 158 Å². The van der Waals surface area contributed by atoms with Gasteiger partial charge >= 0.3 is 0 Å². The summed E-state index contributed by atoms with van der Waals surface area (Å²) in [5.41, 5.74) is 3.65. The van der Waals surface area contributed by atoms with E-state index in [0.29, 0.717) is 11.1 Å². The number of rotatable bonds is 5. The van der Waals surface area contributed by atoms with Crippen molar-refractivity contribution in [1.82, 2.24) is 9.97 Å². The van der Waals surface area contributed by atoms with Crippen LogP contribution in [0.1, 0.15) is 56.4 Å². The number of amides is 1. The molecule has 0 saturated heterocycles. The van der Waals surface area contributed by atoms with E-state index in [1.807, 2.05) is 31.2 Å². The number of carbonyl (C=O) groups is 1. The van der Waals surface area contributed by atoms with Gasteiger partial charge in [-0.3, -0.25) is 9.59 Å². The van der Waals surface area contributed by atoms with E-state index in [0.717, 1.165) is 42.6 Å². The number of aryl methyl sites for hydroxylation is 1. The van der Waals surface area contributed by atoms with E-state index in [1.165, 1.54) is 17.3 Å². The zero-order valence-corrected chi connectivity index (χ0v) is 16.3. The molecule has 0 saturated carbocycles. The van der Waals surface area contributed by atoms with Crippen LogP contribution in [0.3, 0.4) is 0 Å². The molecule has 0 radical (unpaired) electrons. The van der Waals surface area contributed by atoms with E-state index in [9.17, 15) is 9.59 Å². The molecule has 2 aromatic rings. The van der Waals surface area contributed by atoms with Gasteiger partial charge in [-0.15, -0.1) is 0 Å². The van der Waals surface area contributed by atoms with Crippen LogP contribution in [0.5, 0.6) is 0 Å². The van der Waals surface area contributed by atoms with E-state index in [4.69, 9.17) is 0 Å². The molecule has 1 aromatic heterocycles. The van der Waals surface area contributed by atoms with Crippen molar-refractivity contribution in [3.8, 4) is 0 Å². The van der Waals surface area contributed by atoms with Crippen molar-refractivity contribution in [1.29, 1.82) is 0 Å². The van der Waals surface area contributed by atoms with Gasteiger partial charge in [0.25, 0.3) is 5.56 Å². The van der Waals surface area contributed by atoms with Gasteiger partial charge in [0.2, 0.25) is 5.91 Å². The van der Waals surface area contributed by atoms with Crippen molar-refractivity contribution in [3.63, 3.8) is 0 Å². The molecule has 1 aliphatic carbocycles. The molecule has 0 bridgehead atoms. The van der Waals surface area contributed by atoms with E-state index >= 15 is 0 Å². The van der Waals surface area contributed by atoms with Crippen LogP contribution >= 0.6 is 11.8 Å². The zero-order valence-electron chi connectivity index (χ0n) is 15.5. The van der Waals surface area contributed by atoms with Crippen molar-refractivity contribution >= 4 is 23.4 Å². The number of anilines is 1. The topological polar surface area (TPSA) is 74.8 Å². The number of thioether (sulfide) groups is 1. The van der Waals surface area contributed by atoms with Crippen molar-refractivity contribution < 1.29 is 4.79 Å². The summed E-state index contributed by atoms with van der Waals surface area (Å²) >= 11 is 1.29. The van der Waals surface area contributed by atoms with Crippen LogP contribution in [0.15, 0.2) is 34.2 Å². The second kappa shape index (κ2) is 8.08. The van der Waals surface area contributed by atoms with Gasteiger partial charge in [-0.2, -0.15) is 0 Å². The summed E-state index contributed by atoms with van der Waals surface area (Å²) in [6, 6.07) is 7.90. The van der Waals surface area contributed by atoms with E-state index in [2.05, 4.69) is 29.1 Å². The summed E-state index contributed by atoms with van der Waals surface area (Å²) in [6.45, 7) is 6.10. The molecular formula is C20H25N3O2S. The summed E-state index contributed by atoms with van der Waals surface area (Å²) < 4.78 is 0. The molecule has 1 unspecified atom stereocenters. The Morgan fingerprint density at radius 1 is 1.15 bits per heavy atom. The molecule has 5 nitrogen and oxygen atoms in total. The van der Waals surface area contributed by atoms with Gasteiger partial charge in [0.05, 0.1) is 10.9 Å². The third kappa shape index (κ3) is 4.36. The standard InChI is InChI=1S/C20H25N3O2S/c1-12(2)14-8-10-15(11-9-14)21-18(24)13(3)26-20-22-17-7-5-4-6-16(17)19(25)23-20/h8-13H,4-7H2,1-3H3,(H,21,24)(H,22,23,25). The van der Waals surface area contributed by atoms with E-state index in [1.54, 1.807) is 0 Å². The number of H-pyrrole nitrogens is 1. The van der Waals surface area contributed by atoms with Gasteiger partial charge in [0.1, 0.15) is 0 Å². The molecule has 0 spiro atoms. The number of benzene rings is 1. The minimum Gasteiger partial charge on any atom is -0.325 e. The first-order valence-electron chi connectivity index (χ1n) is 9.13. The normalized spacial score (nSPS) is 14.8. The number of nitrogens with zero attached hydrogens (tertiary/aromatic N) is 1. The van der Waals surface area contributed by atoms with Gasteiger partial charge in [0, 0.05) is 11.3 Å². The Morgan fingerprint density at radius 3 is 2.54 bits per heavy atom. The predicted octanol–water partition coefficient (Wildman–Crippen LogP) is 3.89. The third-order valence-corrected chi connectivity index (χ3v) is 5.66. The monoisotopic (exact) mass is 371 g/mol. The van der Waals surface area contributed by atoms with Crippen molar-refractivity contribution in [2.45, 2.75) is 62.8 Å². The molecule has 1 atom stereocenters. The summed E-state index contributed by atoms with van der Waals surface area (Å²) in [7, 11) is 0. The summed E-state index contributed by atoms with van der Waals surface area (Å²) in [5.74, 6) is 0.355. The molecular weight excluding hydrogens is 346 g/mol. The average molecular weight is 372 g/mol. The van der Waals surface area contributed by atoms with Crippen LogP contribution in [0.2, 0.25) is 0 Å². The summed E-state index contributed by atoms with van der Waals surface area (Å²) in [5, 5.41) is 3.09.